The molecule has 4 nitrogen and oxygen atoms in total. The Kier molecular flexibility index (Phi) is 6.19. The van der Waals surface area contributed by atoms with E-state index in [1.807, 2.05) is 36.4 Å². The Morgan fingerprint density at radius 2 is 1.24 bits per heavy atom. The van der Waals surface area contributed by atoms with Crippen LogP contribution < -0.4 is 10.4 Å². The molecule has 0 spiro atoms. The fourth-order valence-electron chi connectivity index (χ4n) is 3.30. The summed E-state index contributed by atoms with van der Waals surface area (Å²) in [5.41, 5.74) is 0. The molecular weight excluding hydrogens is 332 g/mol. The van der Waals surface area contributed by atoms with Crippen molar-refractivity contribution in [1.29, 1.82) is 0 Å². The summed E-state index contributed by atoms with van der Waals surface area (Å²) < 4.78 is 6.57. The van der Waals surface area contributed by atoms with Crippen LogP contribution in [-0.2, 0) is 4.43 Å². The van der Waals surface area contributed by atoms with E-state index in [4.69, 9.17) is 19.7 Å². The first-order valence-electron chi connectivity index (χ1n) is 8.59. The van der Waals surface area contributed by atoms with Gasteiger partial charge in [0.2, 0.25) is 0 Å². The van der Waals surface area contributed by atoms with E-state index >= 15 is 0 Å². The largest absolute Gasteiger partial charge is 0.407 e. The van der Waals surface area contributed by atoms with Gasteiger partial charge in [-0.2, -0.15) is 0 Å². The zero-order chi connectivity index (χ0) is 18.6. The monoisotopic (exact) mass is 360 g/mol. The maximum atomic E-state index is 9.11. The summed E-state index contributed by atoms with van der Waals surface area (Å²) in [4.78, 5) is 0. The first-order chi connectivity index (χ1) is 11.7. The molecule has 25 heavy (non-hydrogen) atoms. The lowest BCUT2D eigenvalue weighted by atomic mass is 10.2. The number of hydrogen-bond donors (Lipinski definition) is 3. The fraction of sp³-hybridized carbons (Fsp3) is 0.400. The second-order valence-electron chi connectivity index (χ2n) is 7.39. The second-order valence-corrected chi connectivity index (χ2v) is 11.7. The van der Waals surface area contributed by atoms with Crippen LogP contribution in [-0.4, -0.2) is 36.2 Å². The highest BCUT2D eigenvalue weighted by molar-refractivity contribution is 6.99. The molecule has 0 aliphatic carbocycles. The van der Waals surface area contributed by atoms with Crippen LogP contribution >= 0.6 is 0 Å². The number of rotatable bonds is 7. The van der Waals surface area contributed by atoms with E-state index in [0.29, 0.717) is 13.0 Å². The zero-order valence-electron chi connectivity index (χ0n) is 15.1. The first kappa shape index (κ1) is 19.8. The maximum Gasteiger partial charge on any atom is 0.275 e. The molecule has 0 radical (unpaired) electrons. The van der Waals surface area contributed by atoms with Gasteiger partial charge in [-0.15, -0.1) is 0 Å². The van der Waals surface area contributed by atoms with E-state index in [1.54, 1.807) is 0 Å². The predicted octanol–water partition coefficient (Wildman–Crippen LogP) is 1.97. The van der Waals surface area contributed by atoms with Gasteiger partial charge in [-0.05, 0) is 21.8 Å². The Balaban J connectivity index is 2.42. The molecule has 0 aliphatic heterocycles. The third kappa shape index (κ3) is 4.77. The van der Waals surface area contributed by atoms with Gasteiger partial charge < -0.3 is 19.7 Å². The third-order valence-electron chi connectivity index (χ3n) is 4.39. The van der Waals surface area contributed by atoms with E-state index < -0.39 is 14.3 Å². The van der Waals surface area contributed by atoms with E-state index in [1.165, 1.54) is 10.4 Å². The van der Waals surface area contributed by atoms with Gasteiger partial charge in [0.05, 0.1) is 0 Å². The highest BCUT2D eigenvalue weighted by atomic mass is 28.4. The quantitative estimate of drug-likeness (QED) is 0.401. The minimum absolute atomic E-state index is 0.121. The highest BCUT2D eigenvalue weighted by Gasteiger charge is 2.49. The lowest BCUT2D eigenvalue weighted by Crippen LogP contribution is -2.66. The Bertz CT molecular complexity index is 605. The molecule has 2 aromatic carbocycles. The van der Waals surface area contributed by atoms with Crippen LogP contribution in [0.25, 0.3) is 0 Å². The third-order valence-corrected chi connectivity index (χ3v) is 9.43. The maximum absolute atomic E-state index is 9.11. The molecule has 0 unspecified atom stereocenters. The van der Waals surface area contributed by atoms with Crippen molar-refractivity contribution in [3.05, 3.63) is 60.7 Å². The molecule has 3 N–H and O–H groups in total. The summed E-state index contributed by atoms with van der Waals surface area (Å²) in [6.07, 6.45) is 0.208. The van der Waals surface area contributed by atoms with Crippen LogP contribution in [0.1, 0.15) is 33.6 Å². The topological polar surface area (TPSA) is 69.9 Å². The van der Waals surface area contributed by atoms with Crippen molar-refractivity contribution in [2.75, 3.05) is 6.61 Å². The zero-order valence-corrected chi connectivity index (χ0v) is 16.1. The summed E-state index contributed by atoms with van der Waals surface area (Å²) in [5.74, 6) is -2.64. The smallest absolute Gasteiger partial charge is 0.275 e. The van der Waals surface area contributed by atoms with Gasteiger partial charge in [-0.25, -0.2) is 0 Å². The molecule has 0 bridgehead atoms. The molecule has 136 valence electrons. The second kappa shape index (κ2) is 7.80. The van der Waals surface area contributed by atoms with Crippen LogP contribution in [0.2, 0.25) is 5.04 Å². The van der Waals surface area contributed by atoms with Crippen molar-refractivity contribution in [2.24, 2.45) is 0 Å². The molecule has 0 amide bonds. The van der Waals surface area contributed by atoms with Crippen molar-refractivity contribution < 1.29 is 19.7 Å². The van der Waals surface area contributed by atoms with Gasteiger partial charge in [-0.3, -0.25) is 0 Å². The molecule has 0 saturated carbocycles. The van der Waals surface area contributed by atoms with Gasteiger partial charge >= 0.3 is 0 Å². The summed E-state index contributed by atoms with van der Waals surface area (Å²) in [5, 5.41) is 29.6. The molecule has 0 atom stereocenters. The molecule has 0 fully saturated rings. The Morgan fingerprint density at radius 1 is 0.800 bits per heavy atom. The lowest BCUT2D eigenvalue weighted by Gasteiger charge is -2.43. The van der Waals surface area contributed by atoms with Crippen molar-refractivity contribution in [1.82, 2.24) is 0 Å². The Morgan fingerprint density at radius 3 is 1.60 bits per heavy atom. The SMILES string of the molecule is CC(C)(C)[Si](OCCCC(O)(O)O)(c1ccccc1)c1ccccc1. The molecule has 0 heterocycles. The van der Waals surface area contributed by atoms with Crippen LogP contribution in [0.3, 0.4) is 0 Å². The van der Waals surface area contributed by atoms with Gasteiger partial charge in [0.25, 0.3) is 14.3 Å². The molecule has 2 rings (SSSR count). The van der Waals surface area contributed by atoms with Crippen molar-refractivity contribution >= 4 is 18.7 Å². The highest BCUT2D eigenvalue weighted by Crippen LogP contribution is 2.36. The lowest BCUT2D eigenvalue weighted by molar-refractivity contribution is -0.315. The average molecular weight is 361 g/mol. The summed E-state index contributed by atoms with van der Waals surface area (Å²) >= 11 is 0. The standard InChI is InChI=1S/C20H28O4Si/c1-19(2,3)25(17-11-6-4-7-12-17,18-13-8-5-9-14-18)24-16-10-15-20(21,22)23/h4-9,11-14,21-23H,10,15-16H2,1-3H3. The number of aliphatic hydroxyl groups is 3. The molecule has 2 aromatic rings. The van der Waals surface area contributed by atoms with Gasteiger partial charge in [-0.1, -0.05) is 81.4 Å². The molecule has 5 heteroatoms. The number of hydrogen-bond acceptors (Lipinski definition) is 4. The van der Waals surface area contributed by atoms with Crippen molar-refractivity contribution in [2.45, 2.75) is 44.6 Å². The fourth-order valence-corrected chi connectivity index (χ4v) is 7.90. The minimum atomic E-state index is -2.64. The van der Waals surface area contributed by atoms with Gasteiger partial charge in [0.1, 0.15) is 0 Å². The van der Waals surface area contributed by atoms with E-state index in [9.17, 15) is 0 Å². The van der Waals surface area contributed by atoms with E-state index in [-0.39, 0.29) is 11.5 Å². The molecule has 0 aromatic heterocycles. The normalized spacial score (nSPS) is 13.0. The van der Waals surface area contributed by atoms with E-state index in [0.717, 1.165) is 0 Å². The Hall–Kier alpha value is -1.50. The first-order valence-corrected chi connectivity index (χ1v) is 10.5. The minimum Gasteiger partial charge on any atom is -0.407 e. The number of benzene rings is 2. The summed E-state index contributed by atoms with van der Waals surface area (Å²) in [6.45, 7) is 6.91. The van der Waals surface area contributed by atoms with Gasteiger partial charge in [0.15, 0.2) is 0 Å². The predicted molar refractivity (Wildman–Crippen MR) is 102 cm³/mol. The molecule has 0 saturated heterocycles. The van der Waals surface area contributed by atoms with Crippen LogP contribution in [0.15, 0.2) is 60.7 Å². The molecular formula is C20H28O4Si. The summed E-state index contributed by atoms with van der Waals surface area (Å²) in [7, 11) is -2.59. The van der Waals surface area contributed by atoms with Crippen LogP contribution in [0, 0.1) is 0 Å². The van der Waals surface area contributed by atoms with Gasteiger partial charge in [0, 0.05) is 13.0 Å². The average Bonchev–Trinajstić information content (AvgIpc) is 2.54. The van der Waals surface area contributed by atoms with Crippen molar-refractivity contribution in [3.8, 4) is 0 Å². The Labute approximate surface area is 150 Å². The summed E-state index contributed by atoms with van der Waals surface area (Å²) in [6, 6.07) is 20.5. The van der Waals surface area contributed by atoms with E-state index in [2.05, 4.69) is 45.0 Å². The molecule has 0 aliphatic rings. The van der Waals surface area contributed by atoms with Crippen LogP contribution in [0.4, 0.5) is 0 Å². The van der Waals surface area contributed by atoms with Crippen molar-refractivity contribution in [3.63, 3.8) is 0 Å². The van der Waals surface area contributed by atoms with Crippen LogP contribution in [0.5, 0.6) is 0 Å².